The lowest BCUT2D eigenvalue weighted by Crippen LogP contribution is -2.26. The Balaban J connectivity index is 2.38. The van der Waals surface area contributed by atoms with Crippen LogP contribution in [0.1, 0.15) is 16.8 Å². The van der Waals surface area contributed by atoms with Crippen molar-refractivity contribution < 1.29 is 17.6 Å². The third kappa shape index (κ3) is 5.39. The molecule has 0 saturated carbocycles. The van der Waals surface area contributed by atoms with Crippen LogP contribution in [0.4, 0.5) is 4.39 Å². The van der Waals surface area contributed by atoms with Gasteiger partial charge < -0.3 is 5.32 Å². The molecule has 1 N–H and O–H groups in total. The standard InChI is InChI=1S/C10H13FN2O3S/c1-17(15,16)6-2-5-12-10(14)8-3-4-9(11)13-7-8/h3-4,7H,2,5-6H2,1H3,(H,12,14). The van der Waals surface area contributed by atoms with Crippen LogP contribution in [-0.2, 0) is 9.84 Å². The molecule has 0 bridgehead atoms. The number of amides is 1. The summed E-state index contributed by atoms with van der Waals surface area (Å²) in [5.74, 6) is -1.03. The first-order valence-electron chi connectivity index (χ1n) is 4.96. The number of nitrogens with one attached hydrogen (secondary N) is 1. The molecule has 17 heavy (non-hydrogen) atoms. The molecule has 5 nitrogen and oxygen atoms in total. The fraction of sp³-hybridized carbons (Fsp3) is 0.400. The van der Waals surface area contributed by atoms with Crippen LogP contribution in [0.3, 0.4) is 0 Å². The Bertz CT molecular complexity index is 485. The third-order valence-electron chi connectivity index (χ3n) is 1.97. The van der Waals surface area contributed by atoms with E-state index in [1.165, 1.54) is 6.07 Å². The fourth-order valence-electron chi connectivity index (χ4n) is 1.15. The van der Waals surface area contributed by atoms with Crippen LogP contribution >= 0.6 is 0 Å². The van der Waals surface area contributed by atoms with Crippen molar-refractivity contribution in [2.75, 3.05) is 18.6 Å². The largest absolute Gasteiger partial charge is 0.352 e. The number of sulfone groups is 1. The number of hydrogen-bond donors (Lipinski definition) is 1. The molecule has 0 aromatic carbocycles. The van der Waals surface area contributed by atoms with E-state index in [1.807, 2.05) is 0 Å². The molecule has 0 radical (unpaired) electrons. The summed E-state index contributed by atoms with van der Waals surface area (Å²) in [5.41, 5.74) is 0.241. The van der Waals surface area contributed by atoms with Crippen molar-refractivity contribution in [3.8, 4) is 0 Å². The number of rotatable bonds is 5. The van der Waals surface area contributed by atoms with Crippen LogP contribution in [0.25, 0.3) is 0 Å². The summed E-state index contributed by atoms with van der Waals surface area (Å²) in [6.07, 6.45) is 2.61. The Labute approximate surface area is 99.0 Å². The lowest BCUT2D eigenvalue weighted by Gasteiger charge is -2.04. The van der Waals surface area contributed by atoms with Gasteiger partial charge in [-0.25, -0.2) is 13.4 Å². The predicted octanol–water partition coefficient (Wildman–Crippen LogP) is 0.385. The van der Waals surface area contributed by atoms with E-state index in [9.17, 15) is 17.6 Å². The molecule has 0 atom stereocenters. The Hall–Kier alpha value is -1.50. The van der Waals surface area contributed by atoms with Crippen LogP contribution in [0.15, 0.2) is 18.3 Å². The van der Waals surface area contributed by atoms with Crippen molar-refractivity contribution in [2.24, 2.45) is 0 Å². The number of halogens is 1. The zero-order chi connectivity index (χ0) is 12.9. The van der Waals surface area contributed by atoms with Gasteiger partial charge in [0.25, 0.3) is 5.91 Å². The van der Waals surface area contributed by atoms with Gasteiger partial charge in [0.2, 0.25) is 5.95 Å². The minimum atomic E-state index is -3.01. The molecule has 1 amide bonds. The van der Waals surface area contributed by atoms with Crippen LogP contribution in [0, 0.1) is 5.95 Å². The first-order valence-corrected chi connectivity index (χ1v) is 7.02. The number of pyridine rings is 1. The van der Waals surface area contributed by atoms with Crippen molar-refractivity contribution in [1.82, 2.24) is 10.3 Å². The molecule has 0 fully saturated rings. The molecule has 0 spiro atoms. The normalized spacial score (nSPS) is 11.2. The summed E-state index contributed by atoms with van der Waals surface area (Å²) in [6.45, 7) is 0.253. The van der Waals surface area contributed by atoms with Gasteiger partial charge in [-0.1, -0.05) is 0 Å². The maximum Gasteiger partial charge on any atom is 0.252 e. The van der Waals surface area contributed by atoms with Gasteiger partial charge in [0, 0.05) is 19.0 Å². The lowest BCUT2D eigenvalue weighted by molar-refractivity contribution is 0.0953. The summed E-state index contributed by atoms with van der Waals surface area (Å²) in [4.78, 5) is 14.8. The molecule has 1 aromatic rings. The lowest BCUT2D eigenvalue weighted by atomic mass is 10.2. The van der Waals surface area contributed by atoms with E-state index in [2.05, 4.69) is 10.3 Å². The topological polar surface area (TPSA) is 76.1 Å². The highest BCUT2D eigenvalue weighted by Crippen LogP contribution is 1.98. The van der Waals surface area contributed by atoms with Gasteiger partial charge in [-0.05, 0) is 18.6 Å². The Morgan fingerprint density at radius 3 is 2.71 bits per heavy atom. The zero-order valence-electron chi connectivity index (χ0n) is 9.31. The van der Waals surface area contributed by atoms with Gasteiger partial charge >= 0.3 is 0 Å². The molecule has 0 saturated heterocycles. The molecule has 94 valence electrons. The van der Waals surface area contributed by atoms with Crippen LogP contribution in [-0.4, -0.2) is 37.9 Å². The van der Waals surface area contributed by atoms with E-state index in [4.69, 9.17) is 0 Å². The average Bonchev–Trinajstić information content (AvgIpc) is 2.24. The third-order valence-corrected chi connectivity index (χ3v) is 3.00. The van der Waals surface area contributed by atoms with Gasteiger partial charge in [0.05, 0.1) is 11.3 Å². The predicted molar refractivity (Wildman–Crippen MR) is 60.9 cm³/mol. The summed E-state index contributed by atoms with van der Waals surface area (Å²) in [6, 6.07) is 2.40. The fourth-order valence-corrected chi connectivity index (χ4v) is 1.82. The maximum absolute atomic E-state index is 12.5. The van der Waals surface area contributed by atoms with Gasteiger partial charge in [0.15, 0.2) is 0 Å². The van der Waals surface area contributed by atoms with Crippen molar-refractivity contribution in [3.63, 3.8) is 0 Å². The van der Waals surface area contributed by atoms with Crippen molar-refractivity contribution in [2.45, 2.75) is 6.42 Å². The molecule has 0 aliphatic rings. The van der Waals surface area contributed by atoms with E-state index in [0.717, 1.165) is 18.5 Å². The number of carbonyl (C=O) groups excluding carboxylic acids is 1. The Morgan fingerprint density at radius 1 is 1.47 bits per heavy atom. The molecular weight excluding hydrogens is 247 g/mol. The van der Waals surface area contributed by atoms with E-state index < -0.39 is 21.7 Å². The van der Waals surface area contributed by atoms with E-state index in [1.54, 1.807) is 0 Å². The van der Waals surface area contributed by atoms with E-state index in [-0.39, 0.29) is 17.9 Å². The monoisotopic (exact) mass is 260 g/mol. The molecule has 0 aliphatic carbocycles. The summed E-state index contributed by atoms with van der Waals surface area (Å²) in [7, 11) is -3.01. The first-order chi connectivity index (χ1) is 7.88. The average molecular weight is 260 g/mol. The maximum atomic E-state index is 12.5. The second-order valence-corrected chi connectivity index (χ2v) is 5.87. The molecule has 7 heteroatoms. The number of aromatic nitrogens is 1. The minimum Gasteiger partial charge on any atom is -0.352 e. The number of nitrogens with zero attached hydrogens (tertiary/aromatic N) is 1. The molecular formula is C10H13FN2O3S. The summed E-state index contributed by atoms with van der Waals surface area (Å²) < 4.78 is 34.1. The quantitative estimate of drug-likeness (QED) is 0.613. The molecule has 0 aliphatic heterocycles. The molecule has 0 unspecified atom stereocenters. The number of hydrogen-bond acceptors (Lipinski definition) is 4. The van der Waals surface area contributed by atoms with Gasteiger partial charge in [-0.15, -0.1) is 0 Å². The second-order valence-electron chi connectivity index (χ2n) is 3.61. The van der Waals surface area contributed by atoms with Crippen LogP contribution in [0.2, 0.25) is 0 Å². The smallest absolute Gasteiger partial charge is 0.252 e. The highest BCUT2D eigenvalue weighted by molar-refractivity contribution is 7.90. The number of carbonyl (C=O) groups is 1. The van der Waals surface area contributed by atoms with Crippen molar-refractivity contribution in [3.05, 3.63) is 29.8 Å². The van der Waals surface area contributed by atoms with Gasteiger partial charge in [-0.2, -0.15) is 4.39 Å². The Morgan fingerprint density at radius 2 is 2.18 bits per heavy atom. The molecule has 1 aromatic heterocycles. The van der Waals surface area contributed by atoms with Crippen molar-refractivity contribution in [1.29, 1.82) is 0 Å². The van der Waals surface area contributed by atoms with Crippen LogP contribution in [0.5, 0.6) is 0 Å². The first kappa shape index (κ1) is 13.6. The van der Waals surface area contributed by atoms with Crippen LogP contribution < -0.4 is 5.32 Å². The highest BCUT2D eigenvalue weighted by atomic mass is 32.2. The highest BCUT2D eigenvalue weighted by Gasteiger charge is 2.06. The van der Waals surface area contributed by atoms with Gasteiger partial charge in [0.1, 0.15) is 9.84 Å². The summed E-state index contributed by atoms with van der Waals surface area (Å²) in [5, 5.41) is 2.53. The van der Waals surface area contributed by atoms with Crippen molar-refractivity contribution >= 4 is 15.7 Å². The second kappa shape index (κ2) is 5.72. The van der Waals surface area contributed by atoms with E-state index in [0.29, 0.717) is 6.42 Å². The minimum absolute atomic E-state index is 0.0228. The molecule has 1 heterocycles. The molecule has 1 rings (SSSR count). The summed E-state index contributed by atoms with van der Waals surface area (Å²) >= 11 is 0. The Kier molecular flexibility index (Phi) is 4.56. The SMILES string of the molecule is CS(=O)(=O)CCCNC(=O)c1ccc(F)nc1. The van der Waals surface area contributed by atoms with Gasteiger partial charge in [-0.3, -0.25) is 4.79 Å². The zero-order valence-corrected chi connectivity index (χ0v) is 10.1. The van der Waals surface area contributed by atoms with E-state index >= 15 is 0 Å².